The molecule has 4 rings (SSSR count). The third-order valence-electron chi connectivity index (χ3n) is 19.1. The number of nitrogens with one attached hydrogen (secondary N) is 9. The van der Waals surface area contributed by atoms with Crippen molar-refractivity contribution in [1.82, 2.24) is 47.9 Å². The van der Waals surface area contributed by atoms with Crippen LogP contribution >= 0.6 is 0 Å². The van der Waals surface area contributed by atoms with Crippen LogP contribution in [0, 0.1) is 0 Å². The van der Waals surface area contributed by atoms with Gasteiger partial charge in [-0.1, -0.05) is 77.0 Å². The van der Waals surface area contributed by atoms with Crippen LogP contribution in [0.5, 0.6) is 0 Å². The van der Waals surface area contributed by atoms with Crippen LogP contribution in [-0.4, -0.2) is 306 Å². The van der Waals surface area contributed by atoms with E-state index in [1.807, 2.05) is 0 Å². The molecule has 0 spiro atoms. The summed E-state index contributed by atoms with van der Waals surface area (Å²) in [4.78, 5) is 116. The van der Waals surface area contributed by atoms with Crippen molar-refractivity contribution in [3.8, 4) is 0 Å². The van der Waals surface area contributed by atoms with Crippen molar-refractivity contribution >= 4 is 53.2 Å². The first-order chi connectivity index (χ1) is 51.3. The standard InChI is InChI=1S/C71H127N9O27/c1-43(84)76-58-64(95)61(92)50(39-81)105-69(58)101-34-22-14-11-19-31-72-55(89)29-27-47(67(98)73-32-20-12-15-23-35-102-70-59(77-44(2)85)65(96)62(93)51(40-82)106-70)80-57(91)30-28-48(68(99)74-33-21-13-16-24-36-103-71-60(78-45(3)86)66(97)63(94)52(41-83)107-71)79-56(90)26-18-10-8-6-5-7-9-17-25-54(88)75-38-46-37-49(87)53(104-46)42-100-4/h46-53,58-66,69-71,81-83,87,92-97H,5-42H2,1-4H3,(H,72,89)(H,73,98)(H,74,99)(H,75,88)(H,76,84)(H,77,85)(H,78,86)(H,79,90)(H,80,91)/t46-,47?,48?,49-,50?,51?,52?,53+,58?,59?,60?,61?,62?,63?,64?,65?,66?,69?,70?,71?/m0/s1. The van der Waals surface area contributed by atoms with E-state index in [4.69, 9.17) is 37.9 Å². The van der Waals surface area contributed by atoms with Crippen LogP contribution in [0.1, 0.15) is 194 Å². The van der Waals surface area contributed by atoms with Gasteiger partial charge in [0.25, 0.3) is 0 Å². The highest BCUT2D eigenvalue weighted by Crippen LogP contribution is 2.27. The summed E-state index contributed by atoms with van der Waals surface area (Å²) in [6, 6.07) is -5.60. The van der Waals surface area contributed by atoms with E-state index in [9.17, 15) is 94.2 Å². The topological polar surface area (TPSA) is 538 Å². The molecule has 0 aromatic heterocycles. The summed E-state index contributed by atoms with van der Waals surface area (Å²) < 4.78 is 45.1. The number of amides is 9. The predicted molar refractivity (Wildman–Crippen MR) is 381 cm³/mol. The lowest BCUT2D eigenvalue weighted by Crippen LogP contribution is -2.64. The summed E-state index contributed by atoms with van der Waals surface area (Å²) in [5.41, 5.74) is 0. The van der Waals surface area contributed by atoms with Gasteiger partial charge in [-0.2, -0.15) is 0 Å². The lowest BCUT2D eigenvalue weighted by atomic mass is 9.97. The van der Waals surface area contributed by atoms with E-state index in [1.165, 1.54) is 27.9 Å². The number of methoxy groups -OCH3 is 1. The van der Waals surface area contributed by atoms with Gasteiger partial charge in [0.1, 0.15) is 91.2 Å². The Kier molecular flexibility index (Phi) is 46.9. The van der Waals surface area contributed by atoms with Crippen molar-refractivity contribution in [2.24, 2.45) is 0 Å². The number of aliphatic hydroxyl groups excluding tert-OH is 10. The maximum Gasteiger partial charge on any atom is 0.242 e. The molecule has 0 aromatic rings. The van der Waals surface area contributed by atoms with Gasteiger partial charge < -0.3 is 137 Å². The minimum Gasteiger partial charge on any atom is -0.394 e. The third-order valence-corrected chi connectivity index (χ3v) is 19.1. The number of ether oxygens (including phenoxy) is 8. The minimum absolute atomic E-state index is 0.0713. The molecule has 4 aliphatic rings. The molecule has 19 N–H and O–H groups in total. The fraction of sp³-hybridized carbons (Fsp3) is 0.873. The summed E-state index contributed by atoms with van der Waals surface area (Å²) in [5.74, 6) is -4.06. The molecule has 4 saturated heterocycles. The van der Waals surface area contributed by atoms with Crippen LogP contribution in [0.2, 0.25) is 0 Å². The highest BCUT2D eigenvalue weighted by molar-refractivity contribution is 5.90. The molecule has 36 nitrogen and oxygen atoms in total. The van der Waals surface area contributed by atoms with E-state index in [1.54, 1.807) is 0 Å². The average Bonchev–Trinajstić information content (AvgIpc) is 1.57. The second-order valence-electron chi connectivity index (χ2n) is 28.1. The Hall–Kier alpha value is -5.49. The second-order valence-corrected chi connectivity index (χ2v) is 28.1. The van der Waals surface area contributed by atoms with Crippen LogP contribution in [-0.2, 0) is 81.0 Å². The number of rotatable bonds is 55. The first-order valence-electron chi connectivity index (χ1n) is 38.4. The minimum atomic E-state index is -1.47. The molecule has 4 heterocycles. The zero-order valence-electron chi connectivity index (χ0n) is 62.8. The van der Waals surface area contributed by atoms with E-state index in [0.29, 0.717) is 103 Å². The number of carbonyl (C=O) groups excluding carboxylic acids is 9. The zero-order chi connectivity index (χ0) is 78.6. The highest BCUT2D eigenvalue weighted by Gasteiger charge is 2.48. The maximum atomic E-state index is 13.9. The molecule has 107 heavy (non-hydrogen) atoms. The van der Waals surface area contributed by atoms with Gasteiger partial charge in [0.05, 0.1) is 38.6 Å². The van der Waals surface area contributed by atoms with Gasteiger partial charge in [-0.05, 0) is 64.2 Å². The van der Waals surface area contributed by atoms with E-state index >= 15 is 0 Å². The smallest absolute Gasteiger partial charge is 0.242 e. The molecule has 20 atom stereocenters. The molecule has 36 heteroatoms. The number of hydrogen-bond acceptors (Lipinski definition) is 27. The normalized spacial score (nSPS) is 27.6. The number of carbonyl (C=O) groups is 9. The summed E-state index contributed by atoms with van der Waals surface area (Å²) >= 11 is 0. The lowest BCUT2D eigenvalue weighted by Gasteiger charge is -2.42. The Balaban J connectivity index is 1.30. The molecule has 0 aromatic carbocycles. The molecule has 0 aliphatic carbocycles. The van der Waals surface area contributed by atoms with Crippen LogP contribution < -0.4 is 47.9 Å². The van der Waals surface area contributed by atoms with Gasteiger partial charge in [-0.15, -0.1) is 0 Å². The van der Waals surface area contributed by atoms with Gasteiger partial charge in [0, 0.05) is 106 Å². The number of unbranched alkanes of at least 4 members (excludes halogenated alkanes) is 16. The third kappa shape index (κ3) is 36.0. The van der Waals surface area contributed by atoms with Crippen molar-refractivity contribution in [3.63, 3.8) is 0 Å². The first kappa shape index (κ1) is 93.9. The fourth-order valence-electron chi connectivity index (χ4n) is 13.0. The lowest BCUT2D eigenvalue weighted by molar-refractivity contribution is -0.270. The quantitative estimate of drug-likeness (QED) is 0.0264. The molecule has 4 fully saturated rings. The molecular formula is C71H127N9O27. The molecule has 0 radical (unpaired) electrons. The predicted octanol–water partition coefficient (Wildman–Crippen LogP) is -3.39. The summed E-state index contributed by atoms with van der Waals surface area (Å²) in [5, 5.41) is 126. The summed E-state index contributed by atoms with van der Waals surface area (Å²) in [7, 11) is 1.54. The summed E-state index contributed by atoms with van der Waals surface area (Å²) in [6.45, 7) is 3.64. The van der Waals surface area contributed by atoms with E-state index in [0.717, 1.165) is 44.9 Å². The monoisotopic (exact) mass is 1540 g/mol. The Morgan fingerprint density at radius 1 is 0.383 bits per heavy atom. The summed E-state index contributed by atoms with van der Waals surface area (Å²) in [6.07, 6.45) is -3.25. The van der Waals surface area contributed by atoms with Crippen LogP contribution in [0.25, 0.3) is 0 Å². The Morgan fingerprint density at radius 2 is 0.710 bits per heavy atom. The van der Waals surface area contributed by atoms with Gasteiger partial charge >= 0.3 is 0 Å². The Morgan fingerprint density at radius 3 is 1.08 bits per heavy atom. The van der Waals surface area contributed by atoms with Crippen molar-refractivity contribution < 1.29 is 132 Å². The highest BCUT2D eigenvalue weighted by atomic mass is 16.7. The SMILES string of the molecule is COC[C@H]1O[C@H](CNC(=O)CCCCCCCCCCC(=O)NC(CCC(=O)NC(CCC(=O)NCCCCCCOC2OC(CO)C(O)C(O)C2NC(C)=O)C(=O)NCCCCCCOC2OC(CO)C(O)C(O)C2NC(C)=O)C(=O)NCCCCCCOC2OC(CO)C(O)C(O)C2NC(C)=O)C[C@@H]1O. The van der Waals surface area contributed by atoms with Crippen LogP contribution in [0.15, 0.2) is 0 Å². The second kappa shape index (κ2) is 53.4. The molecule has 0 saturated carbocycles. The molecule has 0 bridgehead atoms. The maximum absolute atomic E-state index is 13.9. The molecule has 9 amide bonds. The van der Waals surface area contributed by atoms with E-state index < -0.39 is 183 Å². The first-order valence-corrected chi connectivity index (χ1v) is 38.4. The average molecular weight is 1540 g/mol. The molecular weight excluding hydrogens is 1410 g/mol. The number of aliphatic hydroxyl groups is 10. The van der Waals surface area contributed by atoms with E-state index in [-0.39, 0.29) is 90.2 Å². The van der Waals surface area contributed by atoms with Crippen molar-refractivity contribution in [1.29, 1.82) is 0 Å². The number of hydrogen-bond donors (Lipinski definition) is 19. The zero-order valence-corrected chi connectivity index (χ0v) is 62.8. The fourth-order valence-corrected chi connectivity index (χ4v) is 13.0. The van der Waals surface area contributed by atoms with Gasteiger partial charge in [-0.3, -0.25) is 43.2 Å². The Bertz CT molecular complexity index is 2590. The van der Waals surface area contributed by atoms with Crippen molar-refractivity contribution in [2.75, 3.05) is 79.5 Å². The van der Waals surface area contributed by atoms with Gasteiger partial charge in [0.15, 0.2) is 18.9 Å². The van der Waals surface area contributed by atoms with Gasteiger partial charge in [0.2, 0.25) is 53.2 Å². The van der Waals surface area contributed by atoms with Crippen molar-refractivity contribution in [3.05, 3.63) is 0 Å². The van der Waals surface area contributed by atoms with Crippen molar-refractivity contribution in [2.45, 2.75) is 316 Å². The molecule has 4 aliphatic heterocycles. The Labute approximate surface area is 627 Å². The van der Waals surface area contributed by atoms with Crippen LogP contribution in [0.4, 0.5) is 0 Å². The van der Waals surface area contributed by atoms with Crippen LogP contribution in [0.3, 0.4) is 0 Å². The van der Waals surface area contributed by atoms with Gasteiger partial charge in [-0.25, -0.2) is 0 Å². The van der Waals surface area contributed by atoms with E-state index in [2.05, 4.69) is 47.9 Å². The molecule has 17 unspecified atom stereocenters. The largest absolute Gasteiger partial charge is 0.394 e. The molecule has 618 valence electrons.